The third-order valence-electron chi connectivity index (χ3n) is 1.63. The molecule has 0 unspecified atom stereocenters. The first-order valence-corrected chi connectivity index (χ1v) is 4.10. The molecular formula is C7H5ClN4O2. The number of halogens is 1. The number of rotatable bonds is 2. The summed E-state index contributed by atoms with van der Waals surface area (Å²) >= 11 is 5.57. The molecule has 7 heteroatoms. The third-order valence-corrected chi connectivity index (χ3v) is 1.81. The molecule has 2 aromatic rings. The maximum Gasteiger partial charge on any atom is 0.325 e. The number of hydrogen-bond acceptors (Lipinski definition) is 4. The Morgan fingerprint density at radius 2 is 2.36 bits per heavy atom. The summed E-state index contributed by atoms with van der Waals surface area (Å²) in [7, 11) is 0. The first-order chi connectivity index (χ1) is 6.66. The maximum absolute atomic E-state index is 10.5. The second kappa shape index (κ2) is 3.22. The third kappa shape index (κ3) is 1.51. The molecule has 0 amide bonds. The summed E-state index contributed by atoms with van der Waals surface area (Å²) < 4.78 is 1.26. The molecule has 2 aromatic heterocycles. The van der Waals surface area contributed by atoms with Crippen LogP contribution in [0, 0.1) is 0 Å². The van der Waals surface area contributed by atoms with Gasteiger partial charge in [0, 0.05) is 6.20 Å². The minimum absolute atomic E-state index is 0.0737. The Morgan fingerprint density at radius 1 is 1.57 bits per heavy atom. The molecule has 6 nitrogen and oxygen atoms in total. The minimum Gasteiger partial charge on any atom is -0.480 e. The molecule has 2 heterocycles. The number of carboxylic acids is 1. The fourth-order valence-electron chi connectivity index (χ4n) is 1.09. The van der Waals surface area contributed by atoms with Crippen LogP contribution < -0.4 is 0 Å². The van der Waals surface area contributed by atoms with E-state index in [0.29, 0.717) is 11.0 Å². The fraction of sp³-hybridized carbons (Fsp3) is 0.143. The van der Waals surface area contributed by atoms with Crippen LogP contribution in [0.1, 0.15) is 0 Å². The molecule has 0 bridgehead atoms. The van der Waals surface area contributed by atoms with Gasteiger partial charge in [0.2, 0.25) is 5.28 Å². The van der Waals surface area contributed by atoms with E-state index in [0.717, 1.165) is 0 Å². The molecule has 0 aliphatic heterocycles. The molecule has 0 fully saturated rings. The molecule has 14 heavy (non-hydrogen) atoms. The molecule has 0 radical (unpaired) electrons. The molecule has 0 aromatic carbocycles. The van der Waals surface area contributed by atoms with E-state index in [9.17, 15) is 4.79 Å². The Balaban J connectivity index is 2.55. The average molecular weight is 213 g/mol. The van der Waals surface area contributed by atoms with Gasteiger partial charge in [-0.2, -0.15) is 10.1 Å². The first-order valence-electron chi connectivity index (χ1n) is 3.72. The lowest BCUT2D eigenvalue weighted by Crippen LogP contribution is -2.10. The van der Waals surface area contributed by atoms with Crippen molar-refractivity contribution in [2.24, 2.45) is 0 Å². The SMILES string of the molecule is O=C(O)Cn1ncc2cnc(Cl)nc21. The zero-order valence-electron chi connectivity index (χ0n) is 6.88. The van der Waals surface area contributed by atoms with E-state index < -0.39 is 5.97 Å². The van der Waals surface area contributed by atoms with Crippen LogP contribution in [-0.2, 0) is 11.3 Å². The number of aromatic nitrogens is 4. The summed E-state index contributed by atoms with van der Waals surface area (Å²) in [6.45, 7) is -0.239. The summed E-state index contributed by atoms with van der Waals surface area (Å²) in [5.74, 6) is -0.982. The topological polar surface area (TPSA) is 80.9 Å². The van der Waals surface area contributed by atoms with Gasteiger partial charge < -0.3 is 5.11 Å². The van der Waals surface area contributed by atoms with Gasteiger partial charge in [0.1, 0.15) is 6.54 Å². The van der Waals surface area contributed by atoms with Gasteiger partial charge in [0.15, 0.2) is 5.65 Å². The highest BCUT2D eigenvalue weighted by Crippen LogP contribution is 2.11. The predicted molar refractivity (Wildman–Crippen MR) is 48.0 cm³/mol. The molecule has 0 aliphatic rings. The van der Waals surface area contributed by atoms with Crippen molar-refractivity contribution in [2.45, 2.75) is 6.54 Å². The van der Waals surface area contributed by atoms with E-state index in [4.69, 9.17) is 16.7 Å². The van der Waals surface area contributed by atoms with Crippen molar-refractivity contribution in [3.8, 4) is 0 Å². The molecule has 0 aliphatic carbocycles. The van der Waals surface area contributed by atoms with E-state index in [2.05, 4.69) is 15.1 Å². The highest BCUT2D eigenvalue weighted by molar-refractivity contribution is 6.28. The Kier molecular flexibility index (Phi) is 2.05. The number of carboxylic acid groups (broad SMARTS) is 1. The Hall–Kier alpha value is -1.69. The number of nitrogens with zero attached hydrogens (tertiary/aromatic N) is 4. The molecule has 0 saturated carbocycles. The number of aliphatic carboxylic acids is 1. The van der Waals surface area contributed by atoms with Gasteiger partial charge in [-0.25, -0.2) is 9.67 Å². The lowest BCUT2D eigenvalue weighted by Gasteiger charge is -1.97. The van der Waals surface area contributed by atoms with Crippen LogP contribution in [0.15, 0.2) is 12.4 Å². The van der Waals surface area contributed by atoms with Crippen molar-refractivity contribution in [1.82, 2.24) is 19.7 Å². The van der Waals surface area contributed by atoms with Crippen molar-refractivity contribution in [1.29, 1.82) is 0 Å². The Morgan fingerprint density at radius 3 is 3.07 bits per heavy atom. The summed E-state index contributed by atoms with van der Waals surface area (Å²) in [5.41, 5.74) is 0.424. The van der Waals surface area contributed by atoms with E-state index in [-0.39, 0.29) is 11.8 Å². The van der Waals surface area contributed by atoms with Gasteiger partial charge in [-0.15, -0.1) is 0 Å². The predicted octanol–water partition coefficient (Wildman–Crippen LogP) is 0.564. The lowest BCUT2D eigenvalue weighted by atomic mass is 10.4. The van der Waals surface area contributed by atoms with Crippen LogP contribution in [0.2, 0.25) is 5.28 Å². The smallest absolute Gasteiger partial charge is 0.325 e. The summed E-state index contributed by atoms with van der Waals surface area (Å²) in [5, 5.41) is 13.2. The summed E-state index contributed by atoms with van der Waals surface area (Å²) in [6, 6.07) is 0. The van der Waals surface area contributed by atoms with Crippen LogP contribution in [0.4, 0.5) is 0 Å². The molecule has 0 saturated heterocycles. The van der Waals surface area contributed by atoms with Crippen LogP contribution in [0.5, 0.6) is 0 Å². The van der Waals surface area contributed by atoms with Crippen molar-refractivity contribution in [3.05, 3.63) is 17.7 Å². The van der Waals surface area contributed by atoms with Gasteiger partial charge in [-0.05, 0) is 11.6 Å². The van der Waals surface area contributed by atoms with E-state index in [1.807, 2.05) is 0 Å². The van der Waals surface area contributed by atoms with Gasteiger partial charge in [-0.1, -0.05) is 0 Å². The van der Waals surface area contributed by atoms with Crippen molar-refractivity contribution in [3.63, 3.8) is 0 Å². The van der Waals surface area contributed by atoms with E-state index in [1.165, 1.54) is 17.1 Å². The van der Waals surface area contributed by atoms with Crippen molar-refractivity contribution >= 4 is 28.6 Å². The van der Waals surface area contributed by atoms with Crippen LogP contribution in [0.25, 0.3) is 11.0 Å². The molecular weight excluding hydrogens is 208 g/mol. The average Bonchev–Trinajstić information content (AvgIpc) is 2.47. The lowest BCUT2D eigenvalue weighted by molar-refractivity contribution is -0.137. The Bertz CT molecular complexity index is 495. The quantitative estimate of drug-likeness (QED) is 0.736. The zero-order chi connectivity index (χ0) is 10.1. The normalized spacial score (nSPS) is 10.6. The molecule has 0 atom stereocenters. The summed E-state index contributed by atoms with van der Waals surface area (Å²) in [4.78, 5) is 18.1. The number of carbonyl (C=O) groups is 1. The molecule has 72 valence electrons. The second-order valence-corrected chi connectivity index (χ2v) is 2.95. The van der Waals surface area contributed by atoms with Crippen molar-refractivity contribution in [2.75, 3.05) is 0 Å². The minimum atomic E-state index is -0.982. The highest BCUT2D eigenvalue weighted by atomic mass is 35.5. The van der Waals surface area contributed by atoms with E-state index >= 15 is 0 Å². The maximum atomic E-state index is 10.5. The van der Waals surface area contributed by atoms with E-state index in [1.54, 1.807) is 0 Å². The zero-order valence-corrected chi connectivity index (χ0v) is 7.64. The van der Waals surface area contributed by atoms with Crippen LogP contribution in [-0.4, -0.2) is 30.8 Å². The van der Waals surface area contributed by atoms with Gasteiger partial charge in [0.05, 0.1) is 11.6 Å². The fourth-order valence-corrected chi connectivity index (χ4v) is 1.22. The second-order valence-electron chi connectivity index (χ2n) is 2.61. The highest BCUT2D eigenvalue weighted by Gasteiger charge is 2.08. The standard InChI is InChI=1S/C7H5ClN4O2/c8-7-9-1-4-2-10-12(3-5(13)14)6(4)11-7/h1-2H,3H2,(H,13,14). The molecule has 0 spiro atoms. The first kappa shape index (κ1) is 8.89. The monoisotopic (exact) mass is 212 g/mol. The van der Waals surface area contributed by atoms with Crippen LogP contribution in [0.3, 0.4) is 0 Å². The van der Waals surface area contributed by atoms with Crippen LogP contribution >= 0.6 is 11.6 Å². The van der Waals surface area contributed by atoms with Gasteiger partial charge in [0.25, 0.3) is 0 Å². The molecule has 1 N–H and O–H groups in total. The van der Waals surface area contributed by atoms with Gasteiger partial charge in [-0.3, -0.25) is 4.79 Å². The molecule has 2 rings (SSSR count). The largest absolute Gasteiger partial charge is 0.480 e. The summed E-state index contributed by atoms with van der Waals surface area (Å²) in [6.07, 6.45) is 2.99. The van der Waals surface area contributed by atoms with Gasteiger partial charge >= 0.3 is 5.97 Å². The number of hydrogen-bond donors (Lipinski definition) is 1. The Labute approximate surface area is 83.1 Å². The van der Waals surface area contributed by atoms with Crippen molar-refractivity contribution < 1.29 is 9.90 Å². The number of fused-ring (bicyclic) bond motifs is 1.